The Hall–Kier alpha value is -2.71. The van der Waals surface area contributed by atoms with E-state index in [4.69, 9.17) is 9.15 Å². The van der Waals surface area contributed by atoms with Gasteiger partial charge in [0, 0.05) is 36.4 Å². The third-order valence-corrected chi connectivity index (χ3v) is 8.77. The Morgan fingerprint density at radius 1 is 1.09 bits per heavy atom. The van der Waals surface area contributed by atoms with Crippen LogP contribution < -0.4 is 4.74 Å². The van der Waals surface area contributed by atoms with E-state index in [1.165, 1.54) is 6.26 Å². The molecule has 1 saturated heterocycles. The minimum Gasteiger partial charge on any atom is -0.494 e. The maximum Gasteiger partial charge on any atom is 0.211 e. The molecule has 0 radical (unpaired) electrons. The molecule has 7 nitrogen and oxygen atoms in total. The molecule has 2 aromatic carbocycles. The Balaban J connectivity index is 1.23. The highest BCUT2D eigenvalue weighted by Crippen LogP contribution is 2.39. The van der Waals surface area contributed by atoms with Gasteiger partial charge in [-0.3, -0.25) is 9.59 Å². The van der Waals surface area contributed by atoms with Crippen LogP contribution in [0.4, 0.5) is 0 Å². The molecule has 1 unspecified atom stereocenters. The van der Waals surface area contributed by atoms with Crippen LogP contribution in [0.1, 0.15) is 56.4 Å². The molecule has 35 heavy (non-hydrogen) atoms. The van der Waals surface area contributed by atoms with Gasteiger partial charge in [-0.15, -0.1) is 0 Å². The summed E-state index contributed by atoms with van der Waals surface area (Å²) in [5, 5.41) is 2.98. The zero-order valence-electron chi connectivity index (χ0n) is 20.0. The number of hydrogen-bond donors (Lipinski definition) is 0. The standard InChI is InChI=1S/C27H31NO6S/c1-35(31,32)28-12-10-18(11-13-28)3-2-14-33-21-6-8-22-19(15-21)4-9-26-27(22)24(17-34-26)23-7-5-20(29)16-25(23)30/h4,6,8-9,15,17-18,23H,2-3,5,7,10-14,16H2,1H3. The summed E-state index contributed by atoms with van der Waals surface area (Å²) in [5.41, 5.74) is 1.62. The van der Waals surface area contributed by atoms with Crippen molar-refractivity contribution in [2.24, 2.45) is 5.92 Å². The number of ketones is 2. The third-order valence-electron chi connectivity index (χ3n) is 7.47. The number of carbonyl (C=O) groups excluding carboxylic acids is 2. The molecule has 0 amide bonds. The van der Waals surface area contributed by atoms with Crippen molar-refractivity contribution in [2.75, 3.05) is 26.0 Å². The molecule has 8 heteroatoms. The number of furan rings is 1. The minimum absolute atomic E-state index is 0.0108. The predicted octanol–water partition coefficient (Wildman–Crippen LogP) is 4.82. The fourth-order valence-electron chi connectivity index (χ4n) is 5.51. The van der Waals surface area contributed by atoms with Crippen molar-refractivity contribution in [2.45, 2.75) is 50.9 Å². The first-order chi connectivity index (χ1) is 16.8. The second kappa shape index (κ2) is 9.74. The molecule has 0 bridgehead atoms. The first-order valence-electron chi connectivity index (χ1n) is 12.4. The van der Waals surface area contributed by atoms with Gasteiger partial charge in [0.25, 0.3) is 0 Å². The molecule has 5 rings (SSSR count). The zero-order chi connectivity index (χ0) is 24.6. The summed E-state index contributed by atoms with van der Waals surface area (Å²) in [6.07, 6.45) is 7.70. The van der Waals surface area contributed by atoms with Gasteiger partial charge in [-0.05, 0) is 73.1 Å². The number of fused-ring (bicyclic) bond motifs is 3. The van der Waals surface area contributed by atoms with Crippen LogP contribution in [0.15, 0.2) is 41.0 Å². The molecule has 1 aliphatic carbocycles. The van der Waals surface area contributed by atoms with Crippen LogP contribution in [0.3, 0.4) is 0 Å². The van der Waals surface area contributed by atoms with E-state index in [2.05, 4.69) is 0 Å². The number of piperidine rings is 1. The largest absolute Gasteiger partial charge is 0.494 e. The summed E-state index contributed by atoms with van der Waals surface area (Å²) < 4.78 is 36.7. The summed E-state index contributed by atoms with van der Waals surface area (Å²) in [7, 11) is -3.08. The molecule has 186 valence electrons. The van der Waals surface area contributed by atoms with E-state index in [0.717, 1.165) is 58.7 Å². The predicted molar refractivity (Wildman–Crippen MR) is 134 cm³/mol. The van der Waals surface area contributed by atoms with Crippen molar-refractivity contribution < 1.29 is 27.2 Å². The SMILES string of the molecule is CS(=O)(=O)N1CCC(CCCOc2ccc3c(ccc4occ(C5CCC(=O)CC5=O)c43)c2)CC1. The zero-order valence-corrected chi connectivity index (χ0v) is 20.8. The van der Waals surface area contributed by atoms with Gasteiger partial charge in [0.05, 0.1) is 25.5 Å². The van der Waals surface area contributed by atoms with Gasteiger partial charge in [-0.2, -0.15) is 0 Å². The lowest BCUT2D eigenvalue weighted by atomic mass is 9.81. The quantitative estimate of drug-likeness (QED) is 0.343. The van der Waals surface area contributed by atoms with Crippen LogP contribution in [0.2, 0.25) is 0 Å². The van der Waals surface area contributed by atoms with Gasteiger partial charge in [-0.1, -0.05) is 6.07 Å². The number of carbonyl (C=O) groups is 2. The fraction of sp³-hybridized carbons (Fsp3) is 0.481. The Labute approximate surface area is 205 Å². The molecule has 2 heterocycles. The van der Waals surface area contributed by atoms with Crippen LogP contribution in [-0.2, 0) is 19.6 Å². The van der Waals surface area contributed by atoms with Crippen molar-refractivity contribution in [3.63, 3.8) is 0 Å². The number of ether oxygens (including phenoxy) is 1. The van der Waals surface area contributed by atoms with Crippen LogP contribution in [0, 0.1) is 5.92 Å². The Kier molecular flexibility index (Phi) is 6.68. The Bertz CT molecular complexity index is 1370. The fourth-order valence-corrected chi connectivity index (χ4v) is 6.38. The van der Waals surface area contributed by atoms with Gasteiger partial charge < -0.3 is 9.15 Å². The van der Waals surface area contributed by atoms with Gasteiger partial charge in [0.15, 0.2) is 0 Å². The topological polar surface area (TPSA) is 93.9 Å². The van der Waals surface area contributed by atoms with E-state index in [1.54, 1.807) is 10.6 Å². The molecular formula is C27H31NO6S. The summed E-state index contributed by atoms with van der Waals surface area (Å²) in [6, 6.07) is 9.91. The molecule has 0 spiro atoms. The molecule has 3 aromatic rings. The van der Waals surface area contributed by atoms with Crippen molar-refractivity contribution in [1.82, 2.24) is 4.31 Å². The van der Waals surface area contributed by atoms with Gasteiger partial charge in [0.1, 0.15) is 22.9 Å². The van der Waals surface area contributed by atoms with E-state index in [0.29, 0.717) is 38.5 Å². The van der Waals surface area contributed by atoms with Crippen LogP contribution in [0.5, 0.6) is 5.75 Å². The number of sulfonamides is 1. The van der Waals surface area contributed by atoms with Gasteiger partial charge in [0.2, 0.25) is 10.0 Å². The summed E-state index contributed by atoms with van der Waals surface area (Å²) in [6.45, 7) is 1.84. The molecule has 1 aliphatic heterocycles. The van der Waals surface area contributed by atoms with E-state index in [9.17, 15) is 18.0 Å². The Morgan fingerprint density at radius 3 is 2.63 bits per heavy atom. The maximum absolute atomic E-state index is 12.5. The van der Waals surface area contributed by atoms with E-state index in [-0.39, 0.29) is 23.9 Å². The lowest BCUT2D eigenvalue weighted by Crippen LogP contribution is -2.37. The lowest BCUT2D eigenvalue weighted by Gasteiger charge is -2.30. The van der Waals surface area contributed by atoms with E-state index in [1.807, 2.05) is 30.3 Å². The molecule has 1 saturated carbocycles. The molecule has 2 fully saturated rings. The van der Waals surface area contributed by atoms with Crippen LogP contribution in [-0.4, -0.2) is 50.2 Å². The number of rotatable bonds is 7. The number of hydrogen-bond acceptors (Lipinski definition) is 6. The second-order valence-corrected chi connectivity index (χ2v) is 11.9. The highest BCUT2D eigenvalue weighted by atomic mass is 32.2. The first kappa shape index (κ1) is 24.0. The van der Waals surface area contributed by atoms with E-state index >= 15 is 0 Å². The minimum atomic E-state index is -3.08. The molecule has 1 atom stereocenters. The number of benzene rings is 2. The monoisotopic (exact) mass is 497 g/mol. The van der Waals surface area contributed by atoms with Gasteiger partial charge in [-0.25, -0.2) is 12.7 Å². The van der Waals surface area contributed by atoms with Crippen LogP contribution in [0.25, 0.3) is 21.7 Å². The first-order valence-corrected chi connectivity index (χ1v) is 14.2. The van der Waals surface area contributed by atoms with Crippen molar-refractivity contribution >= 4 is 43.3 Å². The van der Waals surface area contributed by atoms with Crippen molar-refractivity contribution in [3.8, 4) is 5.75 Å². The average Bonchev–Trinajstić information content (AvgIpc) is 3.26. The highest BCUT2D eigenvalue weighted by molar-refractivity contribution is 7.88. The van der Waals surface area contributed by atoms with Crippen molar-refractivity contribution in [1.29, 1.82) is 0 Å². The lowest BCUT2D eigenvalue weighted by molar-refractivity contribution is -0.130. The Morgan fingerprint density at radius 2 is 1.89 bits per heavy atom. The maximum atomic E-state index is 12.5. The number of Topliss-reactive ketones (excluding diaryl/α,β-unsaturated/α-hetero) is 2. The second-order valence-electron chi connectivity index (χ2n) is 9.88. The summed E-state index contributed by atoms with van der Waals surface area (Å²) >= 11 is 0. The smallest absolute Gasteiger partial charge is 0.211 e. The number of nitrogens with zero attached hydrogens (tertiary/aromatic N) is 1. The summed E-state index contributed by atoms with van der Waals surface area (Å²) in [4.78, 5) is 24.2. The molecule has 1 aromatic heterocycles. The molecular weight excluding hydrogens is 466 g/mol. The van der Waals surface area contributed by atoms with Crippen molar-refractivity contribution in [3.05, 3.63) is 42.2 Å². The third kappa shape index (κ3) is 5.14. The van der Waals surface area contributed by atoms with Crippen LogP contribution >= 0.6 is 0 Å². The molecule has 0 N–H and O–H groups in total. The van der Waals surface area contributed by atoms with Gasteiger partial charge >= 0.3 is 0 Å². The summed E-state index contributed by atoms with van der Waals surface area (Å²) in [5.74, 6) is 1.04. The average molecular weight is 498 g/mol. The highest BCUT2D eigenvalue weighted by Gasteiger charge is 2.31. The normalized spacial score (nSPS) is 20.7. The van der Waals surface area contributed by atoms with E-state index < -0.39 is 10.0 Å². The molecule has 2 aliphatic rings.